The van der Waals surface area contributed by atoms with Crippen molar-refractivity contribution in [1.82, 2.24) is 10.6 Å². The van der Waals surface area contributed by atoms with Gasteiger partial charge in [-0.3, -0.25) is 0 Å². The van der Waals surface area contributed by atoms with E-state index in [2.05, 4.69) is 60.6 Å². The Morgan fingerprint density at radius 2 is 1.81 bits per heavy atom. The fraction of sp³-hybridized carbons (Fsp3) is 0.524. The lowest BCUT2D eigenvalue weighted by atomic mass is 9.95. The van der Waals surface area contributed by atoms with Gasteiger partial charge < -0.3 is 20.3 Å². The van der Waals surface area contributed by atoms with E-state index in [1.165, 1.54) is 5.69 Å². The summed E-state index contributed by atoms with van der Waals surface area (Å²) in [6, 6.07) is 7.99. The van der Waals surface area contributed by atoms with Crippen molar-refractivity contribution in [2.24, 2.45) is 0 Å². The number of nitrogens with zero attached hydrogens (tertiary/aromatic N) is 1. The predicted molar refractivity (Wildman–Crippen MR) is 115 cm³/mol. The molecule has 0 saturated heterocycles. The number of unbranched alkanes of at least 4 members (excludes halogenated alkanes) is 2. The molecule has 148 valence electrons. The summed E-state index contributed by atoms with van der Waals surface area (Å²) in [5.41, 5.74) is 3.51. The first-order chi connectivity index (χ1) is 13.0. The molecule has 0 saturated carbocycles. The SMILES string of the molecule is CCCCCOC(=O)C1=C(C)NC(=S)N[C@H]1c1ccc(N(CC)CC)cc1. The first kappa shape index (κ1) is 21.2. The number of hydrogen-bond donors (Lipinski definition) is 2. The normalized spacial score (nSPS) is 16.6. The molecule has 1 heterocycles. The molecule has 1 aliphatic heterocycles. The Bertz CT molecular complexity index is 681. The van der Waals surface area contributed by atoms with Gasteiger partial charge in [0.15, 0.2) is 5.11 Å². The second-order valence-corrected chi connectivity index (χ2v) is 7.09. The van der Waals surface area contributed by atoms with E-state index in [-0.39, 0.29) is 12.0 Å². The van der Waals surface area contributed by atoms with E-state index in [4.69, 9.17) is 17.0 Å². The van der Waals surface area contributed by atoms with Crippen LogP contribution in [0.5, 0.6) is 0 Å². The number of carbonyl (C=O) groups is 1. The van der Waals surface area contributed by atoms with Crippen LogP contribution in [-0.2, 0) is 9.53 Å². The number of rotatable bonds is 9. The molecular weight excluding hydrogens is 358 g/mol. The first-order valence-electron chi connectivity index (χ1n) is 9.82. The zero-order valence-electron chi connectivity index (χ0n) is 16.8. The fourth-order valence-corrected chi connectivity index (χ4v) is 3.55. The van der Waals surface area contributed by atoms with Gasteiger partial charge in [-0.15, -0.1) is 0 Å². The summed E-state index contributed by atoms with van der Waals surface area (Å²) in [5.74, 6) is -0.288. The number of esters is 1. The number of benzene rings is 1. The molecule has 0 fully saturated rings. The molecular formula is C21H31N3O2S. The first-order valence-corrected chi connectivity index (χ1v) is 10.2. The molecule has 6 heteroatoms. The zero-order valence-corrected chi connectivity index (χ0v) is 17.6. The summed E-state index contributed by atoms with van der Waals surface area (Å²) in [4.78, 5) is 15.0. The van der Waals surface area contributed by atoms with Crippen molar-refractivity contribution in [2.75, 3.05) is 24.6 Å². The third-order valence-electron chi connectivity index (χ3n) is 4.83. The molecule has 1 aromatic rings. The second kappa shape index (κ2) is 10.3. The number of ether oxygens (including phenoxy) is 1. The number of thiocarbonyl (C=S) groups is 1. The minimum Gasteiger partial charge on any atom is -0.462 e. The highest BCUT2D eigenvalue weighted by Gasteiger charge is 2.30. The molecule has 1 aliphatic rings. The largest absolute Gasteiger partial charge is 0.462 e. The van der Waals surface area contributed by atoms with E-state index in [1.807, 2.05) is 6.92 Å². The van der Waals surface area contributed by atoms with Crippen LogP contribution in [0.25, 0.3) is 0 Å². The molecule has 2 rings (SSSR count). The molecule has 0 radical (unpaired) electrons. The van der Waals surface area contributed by atoms with E-state index in [9.17, 15) is 4.79 Å². The van der Waals surface area contributed by atoms with E-state index < -0.39 is 0 Å². The maximum Gasteiger partial charge on any atom is 0.338 e. The van der Waals surface area contributed by atoms with Crippen LogP contribution in [0, 0.1) is 0 Å². The molecule has 0 amide bonds. The Kier molecular flexibility index (Phi) is 8.10. The Morgan fingerprint density at radius 1 is 1.15 bits per heavy atom. The fourth-order valence-electron chi connectivity index (χ4n) is 3.28. The monoisotopic (exact) mass is 389 g/mol. The second-order valence-electron chi connectivity index (χ2n) is 6.68. The van der Waals surface area contributed by atoms with Gasteiger partial charge in [-0.1, -0.05) is 31.9 Å². The van der Waals surface area contributed by atoms with Crippen LogP contribution in [0.1, 0.15) is 58.6 Å². The summed E-state index contributed by atoms with van der Waals surface area (Å²) >= 11 is 5.31. The highest BCUT2D eigenvalue weighted by Crippen LogP contribution is 2.29. The highest BCUT2D eigenvalue weighted by molar-refractivity contribution is 7.80. The molecule has 0 aliphatic carbocycles. The maximum absolute atomic E-state index is 12.7. The minimum absolute atomic E-state index is 0.288. The molecule has 0 bridgehead atoms. The standard InChI is InChI=1S/C21H31N3O2S/c1-5-8-9-14-26-20(25)18-15(4)22-21(27)23-19(18)16-10-12-17(13-11-16)24(6-2)7-3/h10-13,19H,5-9,14H2,1-4H3,(H2,22,23,27)/t19-/m0/s1. The smallest absolute Gasteiger partial charge is 0.338 e. The molecule has 27 heavy (non-hydrogen) atoms. The summed E-state index contributed by atoms with van der Waals surface area (Å²) in [6.07, 6.45) is 3.04. The van der Waals surface area contributed by atoms with Gasteiger partial charge in [0.1, 0.15) is 0 Å². The van der Waals surface area contributed by atoms with Gasteiger partial charge in [0.05, 0.1) is 18.2 Å². The van der Waals surface area contributed by atoms with Gasteiger partial charge in [0.2, 0.25) is 0 Å². The molecule has 2 N–H and O–H groups in total. The van der Waals surface area contributed by atoms with Gasteiger partial charge in [-0.25, -0.2) is 4.79 Å². The van der Waals surface area contributed by atoms with E-state index in [0.717, 1.165) is 43.6 Å². The van der Waals surface area contributed by atoms with Crippen molar-refractivity contribution in [3.63, 3.8) is 0 Å². The van der Waals surface area contributed by atoms with Gasteiger partial charge >= 0.3 is 5.97 Å². The number of anilines is 1. The molecule has 0 aromatic heterocycles. The lowest BCUT2D eigenvalue weighted by molar-refractivity contribution is -0.139. The quantitative estimate of drug-likeness (QED) is 0.377. The topological polar surface area (TPSA) is 53.6 Å². The molecule has 1 aromatic carbocycles. The highest BCUT2D eigenvalue weighted by atomic mass is 32.1. The number of hydrogen-bond acceptors (Lipinski definition) is 4. The van der Waals surface area contributed by atoms with Crippen molar-refractivity contribution in [1.29, 1.82) is 0 Å². The number of allylic oxidation sites excluding steroid dienone is 1. The van der Waals surface area contributed by atoms with Crippen molar-refractivity contribution in [2.45, 2.75) is 53.0 Å². The predicted octanol–water partition coefficient (Wildman–Crippen LogP) is 4.06. The average molecular weight is 390 g/mol. The van der Waals surface area contributed by atoms with E-state index in [1.54, 1.807) is 0 Å². The summed E-state index contributed by atoms with van der Waals surface area (Å²) in [7, 11) is 0. The van der Waals surface area contributed by atoms with Crippen LogP contribution >= 0.6 is 12.2 Å². The average Bonchev–Trinajstić information content (AvgIpc) is 2.66. The Hall–Kier alpha value is -2.08. The van der Waals surface area contributed by atoms with E-state index in [0.29, 0.717) is 17.3 Å². The summed E-state index contributed by atoms with van der Waals surface area (Å²) < 4.78 is 5.51. The molecule has 5 nitrogen and oxygen atoms in total. The van der Waals surface area contributed by atoms with Crippen molar-refractivity contribution < 1.29 is 9.53 Å². The number of nitrogens with one attached hydrogen (secondary N) is 2. The summed E-state index contributed by atoms with van der Waals surface area (Å²) in [5, 5.41) is 6.79. The Labute approximate surface area is 168 Å². The molecule has 1 atom stereocenters. The lowest BCUT2D eigenvalue weighted by Gasteiger charge is -2.30. The van der Waals surface area contributed by atoms with Crippen molar-refractivity contribution in [3.05, 3.63) is 41.1 Å². The Balaban J connectivity index is 2.22. The van der Waals surface area contributed by atoms with Crippen LogP contribution in [0.2, 0.25) is 0 Å². The zero-order chi connectivity index (χ0) is 19.8. The van der Waals surface area contributed by atoms with Crippen molar-refractivity contribution in [3.8, 4) is 0 Å². The molecule has 0 unspecified atom stereocenters. The molecule has 0 spiro atoms. The van der Waals surface area contributed by atoms with Crippen LogP contribution in [-0.4, -0.2) is 30.8 Å². The van der Waals surface area contributed by atoms with Crippen LogP contribution in [0.15, 0.2) is 35.5 Å². The third-order valence-corrected chi connectivity index (χ3v) is 5.05. The summed E-state index contributed by atoms with van der Waals surface area (Å²) in [6.45, 7) is 10.6. The van der Waals surface area contributed by atoms with Crippen LogP contribution < -0.4 is 15.5 Å². The van der Waals surface area contributed by atoms with Crippen LogP contribution in [0.4, 0.5) is 5.69 Å². The van der Waals surface area contributed by atoms with Gasteiger partial charge in [-0.2, -0.15) is 0 Å². The maximum atomic E-state index is 12.7. The van der Waals surface area contributed by atoms with Gasteiger partial charge in [0, 0.05) is 24.5 Å². The third kappa shape index (κ3) is 5.45. The Morgan fingerprint density at radius 3 is 2.41 bits per heavy atom. The lowest BCUT2D eigenvalue weighted by Crippen LogP contribution is -2.45. The van der Waals surface area contributed by atoms with Crippen LogP contribution in [0.3, 0.4) is 0 Å². The number of carbonyl (C=O) groups excluding carboxylic acids is 1. The van der Waals surface area contributed by atoms with Crippen molar-refractivity contribution >= 4 is 29.0 Å². The van der Waals surface area contributed by atoms with E-state index >= 15 is 0 Å². The van der Waals surface area contributed by atoms with Gasteiger partial charge in [-0.05, 0) is 57.1 Å². The minimum atomic E-state index is -0.303. The van der Waals surface area contributed by atoms with Gasteiger partial charge in [0.25, 0.3) is 0 Å².